The summed E-state index contributed by atoms with van der Waals surface area (Å²) in [5.41, 5.74) is 0. The number of aromatic nitrogens is 1. The van der Waals surface area contributed by atoms with Crippen LogP contribution in [0.15, 0.2) is 18.3 Å². The maximum atomic E-state index is 5.55. The van der Waals surface area contributed by atoms with Crippen molar-refractivity contribution in [3.63, 3.8) is 0 Å². The number of anilines is 1. The van der Waals surface area contributed by atoms with Crippen LogP contribution in [0.2, 0.25) is 0 Å². The van der Waals surface area contributed by atoms with Crippen molar-refractivity contribution in [2.24, 2.45) is 11.8 Å². The highest BCUT2D eigenvalue weighted by molar-refractivity contribution is 5.49. The lowest BCUT2D eigenvalue weighted by Gasteiger charge is -2.14. The van der Waals surface area contributed by atoms with Crippen molar-refractivity contribution in [1.29, 1.82) is 0 Å². The maximum Gasteiger partial charge on any atom is 0.168 e. The van der Waals surface area contributed by atoms with E-state index in [9.17, 15) is 0 Å². The summed E-state index contributed by atoms with van der Waals surface area (Å²) in [4.78, 5) is 4.34. The summed E-state index contributed by atoms with van der Waals surface area (Å²) in [6, 6.07) is 3.88. The van der Waals surface area contributed by atoms with E-state index in [2.05, 4.69) is 17.2 Å². The summed E-state index contributed by atoms with van der Waals surface area (Å²) in [6.45, 7) is 6.03. The number of hydrogen-bond donors (Lipinski definition) is 1. The molecule has 1 heterocycles. The van der Waals surface area contributed by atoms with Crippen molar-refractivity contribution in [3.8, 4) is 5.75 Å². The Morgan fingerprint density at radius 1 is 1.47 bits per heavy atom. The van der Waals surface area contributed by atoms with Gasteiger partial charge in [0.05, 0.1) is 6.61 Å². The second-order valence-corrected chi connectivity index (χ2v) is 4.95. The molecule has 0 aliphatic heterocycles. The van der Waals surface area contributed by atoms with Crippen molar-refractivity contribution in [3.05, 3.63) is 18.3 Å². The maximum absolute atomic E-state index is 5.55. The first kappa shape index (κ1) is 12.2. The molecule has 3 heteroatoms. The van der Waals surface area contributed by atoms with E-state index in [1.54, 1.807) is 0 Å². The van der Waals surface area contributed by atoms with Crippen LogP contribution in [-0.2, 0) is 0 Å². The third-order valence-electron chi connectivity index (χ3n) is 3.43. The van der Waals surface area contributed by atoms with Crippen LogP contribution in [0, 0.1) is 11.8 Å². The lowest BCUT2D eigenvalue weighted by molar-refractivity contribution is 0.340. The molecule has 1 saturated carbocycles. The molecule has 1 aliphatic rings. The van der Waals surface area contributed by atoms with Gasteiger partial charge in [-0.3, -0.25) is 0 Å². The predicted octanol–water partition coefficient (Wildman–Crippen LogP) is 3.33. The molecule has 1 aliphatic carbocycles. The van der Waals surface area contributed by atoms with Crippen LogP contribution in [-0.4, -0.2) is 18.1 Å². The van der Waals surface area contributed by atoms with Crippen molar-refractivity contribution >= 4 is 5.82 Å². The van der Waals surface area contributed by atoms with Crippen LogP contribution in [0.1, 0.15) is 33.1 Å². The average Bonchev–Trinajstić information content (AvgIpc) is 2.74. The number of nitrogens with zero attached hydrogens (tertiary/aromatic N) is 1. The SMILES string of the molecule is CCOc1cccnc1NCC1CCC(C)C1. The largest absolute Gasteiger partial charge is 0.490 e. The summed E-state index contributed by atoms with van der Waals surface area (Å²) in [5, 5.41) is 3.42. The first-order chi connectivity index (χ1) is 8.29. The molecular weight excluding hydrogens is 212 g/mol. The van der Waals surface area contributed by atoms with Crippen LogP contribution in [0.5, 0.6) is 5.75 Å². The number of hydrogen-bond acceptors (Lipinski definition) is 3. The fraction of sp³-hybridized carbons (Fsp3) is 0.643. The predicted molar refractivity (Wildman–Crippen MR) is 70.4 cm³/mol. The molecule has 0 bridgehead atoms. The number of pyridine rings is 1. The highest BCUT2D eigenvalue weighted by Gasteiger charge is 2.21. The van der Waals surface area contributed by atoms with Crippen LogP contribution < -0.4 is 10.1 Å². The van der Waals surface area contributed by atoms with Gasteiger partial charge in [0.25, 0.3) is 0 Å². The molecule has 94 valence electrons. The molecule has 2 rings (SSSR count). The van der Waals surface area contributed by atoms with Crippen LogP contribution in [0.3, 0.4) is 0 Å². The van der Waals surface area contributed by atoms with E-state index in [4.69, 9.17) is 4.74 Å². The van der Waals surface area contributed by atoms with E-state index in [1.807, 2.05) is 25.3 Å². The second-order valence-electron chi connectivity index (χ2n) is 4.95. The molecule has 1 fully saturated rings. The molecule has 1 aromatic rings. The van der Waals surface area contributed by atoms with Gasteiger partial charge in [-0.1, -0.05) is 13.3 Å². The number of ether oxygens (including phenoxy) is 1. The molecule has 0 radical (unpaired) electrons. The van der Waals surface area contributed by atoms with Gasteiger partial charge < -0.3 is 10.1 Å². The summed E-state index contributed by atoms with van der Waals surface area (Å²) in [7, 11) is 0. The van der Waals surface area contributed by atoms with Crippen molar-refractivity contribution < 1.29 is 4.74 Å². The molecular formula is C14H22N2O. The smallest absolute Gasteiger partial charge is 0.168 e. The minimum absolute atomic E-state index is 0.681. The topological polar surface area (TPSA) is 34.1 Å². The molecule has 3 nitrogen and oxygen atoms in total. The monoisotopic (exact) mass is 234 g/mol. The molecule has 17 heavy (non-hydrogen) atoms. The Kier molecular flexibility index (Phi) is 4.24. The van der Waals surface area contributed by atoms with E-state index >= 15 is 0 Å². The fourth-order valence-electron chi connectivity index (χ4n) is 2.55. The molecule has 2 atom stereocenters. The Balaban J connectivity index is 1.89. The van der Waals surface area contributed by atoms with E-state index in [-0.39, 0.29) is 0 Å². The van der Waals surface area contributed by atoms with Crippen LogP contribution in [0.4, 0.5) is 5.82 Å². The van der Waals surface area contributed by atoms with Gasteiger partial charge in [-0.25, -0.2) is 4.98 Å². The molecule has 0 spiro atoms. The van der Waals surface area contributed by atoms with E-state index in [0.717, 1.165) is 29.9 Å². The normalized spacial score (nSPS) is 23.6. The quantitative estimate of drug-likeness (QED) is 0.848. The zero-order valence-corrected chi connectivity index (χ0v) is 10.8. The highest BCUT2D eigenvalue weighted by atomic mass is 16.5. The van der Waals surface area contributed by atoms with E-state index < -0.39 is 0 Å². The summed E-state index contributed by atoms with van der Waals surface area (Å²) >= 11 is 0. The molecule has 0 amide bonds. The van der Waals surface area contributed by atoms with E-state index in [0.29, 0.717) is 6.61 Å². The van der Waals surface area contributed by atoms with E-state index in [1.165, 1.54) is 19.3 Å². The van der Waals surface area contributed by atoms with Gasteiger partial charge in [0.15, 0.2) is 11.6 Å². The zero-order valence-electron chi connectivity index (χ0n) is 10.8. The zero-order chi connectivity index (χ0) is 12.1. The summed E-state index contributed by atoms with van der Waals surface area (Å²) < 4.78 is 5.55. The molecule has 2 unspecified atom stereocenters. The van der Waals surface area contributed by atoms with Crippen molar-refractivity contribution in [2.75, 3.05) is 18.5 Å². The van der Waals surface area contributed by atoms with Gasteiger partial charge in [-0.2, -0.15) is 0 Å². The summed E-state index contributed by atoms with van der Waals surface area (Å²) in [6.07, 6.45) is 5.85. The highest BCUT2D eigenvalue weighted by Crippen LogP contribution is 2.31. The van der Waals surface area contributed by atoms with Gasteiger partial charge in [-0.15, -0.1) is 0 Å². The van der Waals surface area contributed by atoms with Crippen molar-refractivity contribution in [1.82, 2.24) is 4.98 Å². The minimum Gasteiger partial charge on any atom is -0.490 e. The molecule has 1 N–H and O–H groups in total. The Labute approximate surface area is 104 Å². The average molecular weight is 234 g/mol. The Hall–Kier alpha value is -1.25. The Bertz CT molecular complexity index is 354. The van der Waals surface area contributed by atoms with Gasteiger partial charge in [-0.05, 0) is 43.7 Å². The van der Waals surface area contributed by atoms with Gasteiger partial charge in [0.1, 0.15) is 0 Å². The van der Waals surface area contributed by atoms with Crippen molar-refractivity contribution in [2.45, 2.75) is 33.1 Å². The first-order valence-electron chi connectivity index (χ1n) is 6.61. The Morgan fingerprint density at radius 3 is 3.06 bits per heavy atom. The lowest BCUT2D eigenvalue weighted by Crippen LogP contribution is -2.13. The lowest BCUT2D eigenvalue weighted by atomic mass is 10.1. The minimum atomic E-state index is 0.681. The van der Waals surface area contributed by atoms with Gasteiger partial charge in [0.2, 0.25) is 0 Å². The molecule has 0 aromatic carbocycles. The molecule has 1 aromatic heterocycles. The number of rotatable bonds is 5. The standard InChI is InChI=1S/C14H22N2O/c1-3-17-13-5-4-8-15-14(13)16-10-12-7-6-11(2)9-12/h4-5,8,11-12H,3,6-7,9-10H2,1-2H3,(H,15,16). The number of nitrogens with one attached hydrogen (secondary N) is 1. The third-order valence-corrected chi connectivity index (χ3v) is 3.43. The molecule has 0 saturated heterocycles. The Morgan fingerprint density at radius 2 is 2.35 bits per heavy atom. The second kappa shape index (κ2) is 5.89. The van der Waals surface area contributed by atoms with Crippen LogP contribution in [0.25, 0.3) is 0 Å². The summed E-state index contributed by atoms with van der Waals surface area (Å²) in [5.74, 6) is 3.42. The van der Waals surface area contributed by atoms with Gasteiger partial charge in [0, 0.05) is 12.7 Å². The fourth-order valence-corrected chi connectivity index (χ4v) is 2.55. The van der Waals surface area contributed by atoms with Crippen LogP contribution >= 0.6 is 0 Å². The van der Waals surface area contributed by atoms with Gasteiger partial charge >= 0.3 is 0 Å². The first-order valence-corrected chi connectivity index (χ1v) is 6.61. The third kappa shape index (κ3) is 3.35.